The molecule has 24 heavy (non-hydrogen) atoms. The van der Waals surface area contributed by atoms with Crippen molar-refractivity contribution in [1.82, 2.24) is 14.9 Å². The number of carboxylic acids is 1. The van der Waals surface area contributed by atoms with Crippen LogP contribution < -0.4 is 5.32 Å². The Hall–Kier alpha value is -3.08. The van der Waals surface area contributed by atoms with Crippen molar-refractivity contribution in [2.75, 3.05) is 18.4 Å². The second kappa shape index (κ2) is 6.58. The summed E-state index contributed by atoms with van der Waals surface area (Å²) in [4.78, 5) is 32.1. The summed E-state index contributed by atoms with van der Waals surface area (Å²) >= 11 is 0. The topological polar surface area (TPSA) is 122 Å². The molecule has 0 aromatic carbocycles. The minimum Gasteiger partial charge on any atom is -0.478 e. The van der Waals surface area contributed by atoms with Gasteiger partial charge in [-0.15, -0.1) is 0 Å². The zero-order valence-corrected chi connectivity index (χ0v) is 13.0. The summed E-state index contributed by atoms with van der Waals surface area (Å²) in [6.45, 7) is 1.08. The number of likely N-dealkylation sites (tertiary alicyclic amines) is 1. The molecule has 0 radical (unpaired) electrons. The Balaban J connectivity index is 1.85. The van der Waals surface area contributed by atoms with E-state index in [1.165, 1.54) is 6.20 Å². The Kier molecular flexibility index (Phi) is 4.33. The summed E-state index contributed by atoms with van der Waals surface area (Å²) in [7, 11) is 0. The number of aromatic carboxylic acids is 1. The highest BCUT2D eigenvalue weighted by Gasteiger charge is 2.25. The molecule has 3 rings (SSSR count). The van der Waals surface area contributed by atoms with E-state index in [0.29, 0.717) is 29.8 Å². The Labute approximate surface area is 138 Å². The van der Waals surface area contributed by atoms with Gasteiger partial charge in [-0.05, 0) is 18.9 Å². The molecule has 2 aromatic heterocycles. The van der Waals surface area contributed by atoms with Gasteiger partial charge in [0.05, 0.1) is 11.8 Å². The van der Waals surface area contributed by atoms with E-state index in [9.17, 15) is 14.7 Å². The maximum Gasteiger partial charge on any atom is 0.339 e. The Morgan fingerprint density at radius 2 is 2.38 bits per heavy atom. The Bertz CT molecular complexity index is 823. The van der Waals surface area contributed by atoms with Crippen molar-refractivity contribution in [2.45, 2.75) is 25.3 Å². The molecule has 3 N–H and O–H groups in total. The molecule has 1 aliphatic heterocycles. The third kappa shape index (κ3) is 3.01. The quantitative estimate of drug-likeness (QED) is 0.783. The number of nitrogens with zero attached hydrogens (tertiary/aromatic N) is 3. The molecule has 8 nitrogen and oxygen atoms in total. The summed E-state index contributed by atoms with van der Waals surface area (Å²) in [5.74, 6) is -1.25. The van der Waals surface area contributed by atoms with Crippen molar-refractivity contribution in [3.8, 4) is 6.07 Å². The number of nitrogens with one attached hydrogen (secondary N) is 2. The van der Waals surface area contributed by atoms with Gasteiger partial charge in [0.2, 0.25) is 5.91 Å². The third-order valence-corrected chi connectivity index (χ3v) is 4.17. The largest absolute Gasteiger partial charge is 0.478 e. The fraction of sp³-hybridized carbons (Fsp3) is 0.375. The number of aromatic nitrogens is 2. The lowest BCUT2D eigenvalue weighted by molar-refractivity contribution is -0.131. The van der Waals surface area contributed by atoms with E-state index >= 15 is 0 Å². The van der Waals surface area contributed by atoms with Crippen LogP contribution in [0.25, 0.3) is 11.0 Å². The lowest BCUT2D eigenvalue weighted by Crippen LogP contribution is -2.45. The maximum atomic E-state index is 11.9. The van der Waals surface area contributed by atoms with E-state index in [1.807, 2.05) is 6.07 Å². The Morgan fingerprint density at radius 1 is 1.54 bits per heavy atom. The molecule has 1 fully saturated rings. The molecule has 8 heteroatoms. The number of hydrogen-bond acceptors (Lipinski definition) is 5. The predicted octanol–water partition coefficient (Wildman–Crippen LogP) is 1.58. The van der Waals surface area contributed by atoms with Crippen LogP contribution in [0.2, 0.25) is 0 Å². The summed E-state index contributed by atoms with van der Waals surface area (Å²) in [5, 5.41) is 22.1. The minimum atomic E-state index is -1.05. The third-order valence-electron chi connectivity index (χ3n) is 4.17. The fourth-order valence-electron chi connectivity index (χ4n) is 3.03. The number of aromatic amines is 1. The summed E-state index contributed by atoms with van der Waals surface area (Å²) < 4.78 is 0. The molecule has 1 unspecified atom stereocenters. The number of hydrogen-bond donors (Lipinski definition) is 3. The molecule has 1 atom stereocenters. The van der Waals surface area contributed by atoms with Gasteiger partial charge >= 0.3 is 5.97 Å². The minimum absolute atomic E-state index is 0.0695. The van der Waals surface area contributed by atoms with E-state index in [-0.39, 0.29) is 23.9 Å². The smallest absolute Gasteiger partial charge is 0.339 e. The average molecular weight is 327 g/mol. The summed E-state index contributed by atoms with van der Waals surface area (Å²) in [5.41, 5.74) is 1.21. The molecule has 1 saturated heterocycles. The number of amides is 1. The van der Waals surface area contributed by atoms with Gasteiger partial charge in [0.25, 0.3) is 0 Å². The number of rotatable bonds is 4. The van der Waals surface area contributed by atoms with Crippen molar-refractivity contribution in [3.05, 3.63) is 24.0 Å². The highest BCUT2D eigenvalue weighted by atomic mass is 16.4. The summed E-state index contributed by atoms with van der Waals surface area (Å²) in [6, 6.07) is 3.58. The standard InChI is InChI=1S/C16H17N5O3/c17-5-3-13(22)21-7-1-2-10(9-21)20-14-11-4-6-18-15(11)19-8-12(14)16(23)24/h4,6,8,10H,1-3,7,9H2,(H,23,24)(H2,18,19,20). The molecule has 124 valence electrons. The van der Waals surface area contributed by atoms with Crippen LogP contribution in [0.5, 0.6) is 0 Å². The lowest BCUT2D eigenvalue weighted by atomic mass is 10.0. The number of nitriles is 1. The number of pyridine rings is 1. The van der Waals surface area contributed by atoms with Crippen molar-refractivity contribution in [3.63, 3.8) is 0 Å². The molecule has 0 spiro atoms. The molecule has 1 amide bonds. The number of H-pyrrole nitrogens is 1. The van der Waals surface area contributed by atoms with Crippen LogP contribution in [-0.2, 0) is 4.79 Å². The van der Waals surface area contributed by atoms with Gasteiger partial charge < -0.3 is 20.3 Å². The van der Waals surface area contributed by atoms with Gasteiger partial charge in [-0.1, -0.05) is 0 Å². The van der Waals surface area contributed by atoms with Crippen molar-refractivity contribution in [2.24, 2.45) is 0 Å². The first kappa shape index (κ1) is 15.8. The van der Waals surface area contributed by atoms with Crippen LogP contribution in [0.4, 0.5) is 5.69 Å². The van der Waals surface area contributed by atoms with Crippen LogP contribution >= 0.6 is 0 Å². The van der Waals surface area contributed by atoms with Crippen LogP contribution in [-0.4, -0.2) is 51.0 Å². The molecular weight excluding hydrogens is 310 g/mol. The molecule has 1 aliphatic rings. The van der Waals surface area contributed by atoms with E-state index in [4.69, 9.17) is 5.26 Å². The van der Waals surface area contributed by atoms with E-state index in [0.717, 1.165) is 12.8 Å². The molecule has 0 bridgehead atoms. The van der Waals surface area contributed by atoms with Crippen LogP contribution in [0, 0.1) is 11.3 Å². The normalized spacial score (nSPS) is 17.5. The first-order chi connectivity index (χ1) is 11.6. The monoisotopic (exact) mass is 327 g/mol. The van der Waals surface area contributed by atoms with Crippen molar-refractivity contribution < 1.29 is 14.7 Å². The van der Waals surface area contributed by atoms with Gasteiger partial charge in [-0.2, -0.15) is 5.26 Å². The zero-order valence-electron chi connectivity index (χ0n) is 13.0. The number of carboxylic acid groups (broad SMARTS) is 1. The van der Waals surface area contributed by atoms with E-state index in [1.54, 1.807) is 17.2 Å². The molecule has 3 heterocycles. The van der Waals surface area contributed by atoms with Gasteiger partial charge in [0, 0.05) is 36.9 Å². The molecule has 0 saturated carbocycles. The summed E-state index contributed by atoms with van der Waals surface area (Å²) in [6.07, 6.45) is 4.52. The molecule has 2 aromatic rings. The number of piperidine rings is 1. The first-order valence-corrected chi connectivity index (χ1v) is 7.70. The predicted molar refractivity (Wildman–Crippen MR) is 86.5 cm³/mol. The van der Waals surface area contributed by atoms with Gasteiger partial charge in [-0.3, -0.25) is 4.79 Å². The van der Waals surface area contributed by atoms with Crippen LogP contribution in [0.15, 0.2) is 18.5 Å². The van der Waals surface area contributed by atoms with Gasteiger partial charge in [0.15, 0.2) is 0 Å². The number of fused-ring (bicyclic) bond motifs is 1. The number of carbonyl (C=O) groups is 2. The fourth-order valence-corrected chi connectivity index (χ4v) is 3.03. The average Bonchev–Trinajstić information content (AvgIpc) is 3.04. The van der Waals surface area contributed by atoms with Gasteiger partial charge in [0.1, 0.15) is 17.6 Å². The van der Waals surface area contributed by atoms with Crippen LogP contribution in [0.1, 0.15) is 29.6 Å². The van der Waals surface area contributed by atoms with Gasteiger partial charge in [-0.25, -0.2) is 9.78 Å². The van der Waals surface area contributed by atoms with E-state index < -0.39 is 5.97 Å². The van der Waals surface area contributed by atoms with Crippen molar-refractivity contribution >= 4 is 28.6 Å². The molecular formula is C16H17N5O3. The molecule has 0 aliphatic carbocycles. The number of carbonyl (C=O) groups excluding carboxylic acids is 1. The Morgan fingerprint density at radius 3 is 3.12 bits per heavy atom. The highest BCUT2D eigenvalue weighted by molar-refractivity contribution is 6.03. The zero-order chi connectivity index (χ0) is 17.1. The van der Waals surface area contributed by atoms with Crippen LogP contribution in [0.3, 0.4) is 0 Å². The maximum absolute atomic E-state index is 11.9. The second-order valence-corrected chi connectivity index (χ2v) is 5.75. The highest BCUT2D eigenvalue weighted by Crippen LogP contribution is 2.27. The van der Waals surface area contributed by atoms with Crippen molar-refractivity contribution in [1.29, 1.82) is 5.26 Å². The number of anilines is 1. The second-order valence-electron chi connectivity index (χ2n) is 5.75. The van der Waals surface area contributed by atoms with E-state index in [2.05, 4.69) is 15.3 Å². The SMILES string of the molecule is N#CCC(=O)N1CCCC(Nc2c(C(=O)O)cnc3[nH]ccc23)C1. The first-order valence-electron chi connectivity index (χ1n) is 7.70. The lowest BCUT2D eigenvalue weighted by Gasteiger charge is -2.33.